The fourth-order valence-corrected chi connectivity index (χ4v) is 1.71. The largest absolute Gasteiger partial charge is 0.465 e. The Morgan fingerprint density at radius 1 is 1.15 bits per heavy atom. The van der Waals surface area contributed by atoms with Crippen LogP contribution in [0.1, 0.15) is 0 Å². The van der Waals surface area contributed by atoms with E-state index in [1.54, 1.807) is 4.90 Å². The monoisotopic (exact) mass is 298 g/mol. The highest BCUT2D eigenvalue weighted by atomic mass is 127. The lowest BCUT2D eigenvalue weighted by atomic mass is 10.3. The van der Waals surface area contributed by atoms with E-state index in [1.807, 2.05) is 22.6 Å². The van der Waals surface area contributed by atoms with Crippen LogP contribution < -0.4 is 0 Å². The van der Waals surface area contributed by atoms with Crippen molar-refractivity contribution in [1.29, 1.82) is 0 Å². The lowest BCUT2D eigenvalue weighted by Gasteiger charge is -2.32. The van der Waals surface area contributed by atoms with Crippen LogP contribution in [-0.2, 0) is 4.79 Å². The predicted molar refractivity (Wildman–Crippen MR) is 55.1 cm³/mol. The third-order valence-corrected chi connectivity index (χ3v) is 2.67. The molecule has 1 N–H and O–H groups in total. The van der Waals surface area contributed by atoms with E-state index in [1.165, 1.54) is 4.90 Å². The molecule has 0 aromatic carbocycles. The SMILES string of the molecule is O=C(O)N1CCN(C(=O)CI)CC1. The van der Waals surface area contributed by atoms with Gasteiger partial charge in [-0.2, -0.15) is 0 Å². The summed E-state index contributed by atoms with van der Waals surface area (Å²) >= 11 is 2.01. The lowest BCUT2D eigenvalue weighted by Crippen LogP contribution is -2.50. The van der Waals surface area contributed by atoms with Crippen LogP contribution in [0.2, 0.25) is 0 Å². The minimum absolute atomic E-state index is 0.0886. The first-order valence-electron chi connectivity index (χ1n) is 3.96. The highest BCUT2D eigenvalue weighted by Gasteiger charge is 2.22. The number of carbonyl (C=O) groups is 2. The maximum atomic E-state index is 11.2. The summed E-state index contributed by atoms with van der Waals surface area (Å²) in [6.45, 7) is 1.90. The molecule has 2 amide bonds. The second-order valence-corrected chi connectivity index (χ2v) is 3.55. The molecule has 0 saturated carbocycles. The zero-order valence-electron chi connectivity index (χ0n) is 7.07. The number of carboxylic acid groups (broad SMARTS) is 1. The van der Waals surface area contributed by atoms with Gasteiger partial charge in [-0.1, -0.05) is 22.6 Å². The molecule has 0 aromatic heterocycles. The van der Waals surface area contributed by atoms with Gasteiger partial charge >= 0.3 is 6.09 Å². The molecule has 0 spiro atoms. The van der Waals surface area contributed by atoms with Gasteiger partial charge in [0, 0.05) is 26.2 Å². The van der Waals surface area contributed by atoms with Gasteiger partial charge in [0.15, 0.2) is 0 Å². The number of alkyl halides is 1. The van der Waals surface area contributed by atoms with Crippen LogP contribution in [0.5, 0.6) is 0 Å². The van der Waals surface area contributed by atoms with E-state index in [0.717, 1.165) is 0 Å². The molecule has 0 bridgehead atoms. The molecular formula is C7H11IN2O3. The molecule has 13 heavy (non-hydrogen) atoms. The number of halogens is 1. The van der Waals surface area contributed by atoms with Crippen molar-refractivity contribution >= 4 is 34.6 Å². The summed E-state index contributed by atoms with van der Waals surface area (Å²) in [5, 5.41) is 8.64. The zero-order valence-corrected chi connectivity index (χ0v) is 9.23. The first kappa shape index (κ1) is 10.6. The first-order valence-corrected chi connectivity index (χ1v) is 5.49. The van der Waals surface area contributed by atoms with Crippen molar-refractivity contribution in [3.8, 4) is 0 Å². The van der Waals surface area contributed by atoms with Crippen molar-refractivity contribution in [2.45, 2.75) is 0 Å². The van der Waals surface area contributed by atoms with Crippen molar-refractivity contribution in [1.82, 2.24) is 9.80 Å². The molecule has 5 nitrogen and oxygen atoms in total. The Kier molecular flexibility index (Phi) is 3.76. The van der Waals surface area contributed by atoms with Gasteiger partial charge in [0.2, 0.25) is 5.91 Å². The fraction of sp³-hybridized carbons (Fsp3) is 0.714. The second-order valence-electron chi connectivity index (χ2n) is 2.78. The second kappa shape index (κ2) is 4.64. The minimum atomic E-state index is -0.901. The van der Waals surface area contributed by atoms with Gasteiger partial charge in [-0.05, 0) is 0 Å². The standard InChI is InChI=1S/C7H11IN2O3/c8-5-6(11)9-1-3-10(4-2-9)7(12)13/h1-5H2,(H,12,13). The number of amides is 2. The van der Waals surface area contributed by atoms with Crippen LogP contribution in [0.3, 0.4) is 0 Å². The number of hydrogen-bond acceptors (Lipinski definition) is 2. The third-order valence-electron chi connectivity index (χ3n) is 2.02. The van der Waals surface area contributed by atoms with E-state index >= 15 is 0 Å². The van der Waals surface area contributed by atoms with Gasteiger partial charge in [-0.3, -0.25) is 4.79 Å². The number of hydrogen-bond donors (Lipinski definition) is 1. The van der Waals surface area contributed by atoms with Crippen molar-refractivity contribution < 1.29 is 14.7 Å². The van der Waals surface area contributed by atoms with E-state index in [4.69, 9.17) is 5.11 Å². The van der Waals surface area contributed by atoms with Gasteiger partial charge < -0.3 is 14.9 Å². The van der Waals surface area contributed by atoms with Gasteiger partial charge in [0.1, 0.15) is 0 Å². The Balaban J connectivity index is 2.39. The molecule has 74 valence electrons. The first-order chi connectivity index (χ1) is 6.15. The summed E-state index contributed by atoms with van der Waals surface area (Å²) in [4.78, 5) is 24.7. The van der Waals surface area contributed by atoms with E-state index < -0.39 is 6.09 Å². The maximum absolute atomic E-state index is 11.2. The van der Waals surface area contributed by atoms with Crippen LogP contribution in [0, 0.1) is 0 Å². The van der Waals surface area contributed by atoms with E-state index in [9.17, 15) is 9.59 Å². The predicted octanol–water partition coefficient (Wildman–Crippen LogP) is 0.244. The van der Waals surface area contributed by atoms with Crippen molar-refractivity contribution in [3.05, 3.63) is 0 Å². The van der Waals surface area contributed by atoms with Crippen LogP contribution in [0.4, 0.5) is 4.79 Å². The molecule has 0 aliphatic carbocycles. The topological polar surface area (TPSA) is 60.9 Å². The molecule has 0 aromatic rings. The summed E-state index contributed by atoms with van der Waals surface area (Å²) in [7, 11) is 0. The van der Waals surface area contributed by atoms with E-state index in [2.05, 4.69) is 0 Å². The Bertz CT molecular complexity index is 214. The molecule has 1 saturated heterocycles. The summed E-state index contributed by atoms with van der Waals surface area (Å²) in [6, 6.07) is 0. The minimum Gasteiger partial charge on any atom is -0.465 e. The molecular weight excluding hydrogens is 287 g/mol. The number of nitrogens with zero attached hydrogens (tertiary/aromatic N) is 2. The maximum Gasteiger partial charge on any atom is 0.407 e. The van der Waals surface area contributed by atoms with Crippen molar-refractivity contribution in [2.75, 3.05) is 30.6 Å². The Hall–Kier alpha value is -0.530. The van der Waals surface area contributed by atoms with E-state index in [-0.39, 0.29) is 5.91 Å². The highest BCUT2D eigenvalue weighted by Crippen LogP contribution is 2.03. The summed E-state index contributed by atoms with van der Waals surface area (Å²) < 4.78 is 0.463. The van der Waals surface area contributed by atoms with Crippen LogP contribution in [-0.4, -0.2) is 57.5 Å². The van der Waals surface area contributed by atoms with E-state index in [0.29, 0.717) is 30.6 Å². The molecule has 6 heteroatoms. The molecule has 0 radical (unpaired) electrons. The van der Waals surface area contributed by atoms with Gasteiger partial charge in [0.25, 0.3) is 0 Å². The third kappa shape index (κ3) is 2.71. The molecule has 1 heterocycles. The molecule has 0 atom stereocenters. The molecule has 1 aliphatic heterocycles. The van der Waals surface area contributed by atoms with Gasteiger partial charge in [-0.15, -0.1) is 0 Å². The normalized spacial score (nSPS) is 17.3. The Morgan fingerprint density at radius 3 is 2.00 bits per heavy atom. The molecule has 1 rings (SSSR count). The van der Waals surface area contributed by atoms with Gasteiger partial charge in [-0.25, -0.2) is 4.79 Å². The Morgan fingerprint density at radius 2 is 1.62 bits per heavy atom. The number of rotatable bonds is 1. The lowest BCUT2D eigenvalue weighted by molar-refractivity contribution is -0.129. The number of piperazine rings is 1. The smallest absolute Gasteiger partial charge is 0.407 e. The summed E-state index contributed by atoms with van der Waals surface area (Å²) in [5.41, 5.74) is 0. The Labute approximate surface area is 89.8 Å². The molecule has 1 fully saturated rings. The summed E-state index contributed by atoms with van der Waals surface area (Å²) in [5.74, 6) is 0.0886. The summed E-state index contributed by atoms with van der Waals surface area (Å²) in [6.07, 6.45) is -0.901. The van der Waals surface area contributed by atoms with Crippen molar-refractivity contribution in [3.63, 3.8) is 0 Å². The van der Waals surface area contributed by atoms with Gasteiger partial charge in [0.05, 0.1) is 4.43 Å². The zero-order chi connectivity index (χ0) is 9.84. The molecule has 0 unspecified atom stereocenters. The highest BCUT2D eigenvalue weighted by molar-refractivity contribution is 14.1. The van der Waals surface area contributed by atoms with Crippen LogP contribution in [0.25, 0.3) is 0 Å². The number of carbonyl (C=O) groups excluding carboxylic acids is 1. The quantitative estimate of drug-likeness (QED) is 0.557. The fourth-order valence-electron chi connectivity index (χ4n) is 1.23. The van der Waals surface area contributed by atoms with Crippen LogP contribution in [0.15, 0.2) is 0 Å². The average molecular weight is 298 g/mol. The van der Waals surface area contributed by atoms with Crippen molar-refractivity contribution in [2.24, 2.45) is 0 Å². The molecule has 1 aliphatic rings. The van der Waals surface area contributed by atoms with Crippen LogP contribution >= 0.6 is 22.6 Å². The average Bonchev–Trinajstić information content (AvgIpc) is 2.17.